The van der Waals surface area contributed by atoms with Gasteiger partial charge in [0, 0.05) is 18.7 Å². The van der Waals surface area contributed by atoms with Crippen LogP contribution in [0.5, 0.6) is 0 Å². The second kappa shape index (κ2) is 8.47. The Kier molecular flexibility index (Phi) is 6.23. The Morgan fingerprint density at radius 3 is 2.85 bits per heavy atom. The molecular weight excluding hydrogens is 254 g/mol. The zero-order valence-electron chi connectivity index (χ0n) is 11.5. The number of nitrogens with one attached hydrogen (secondary N) is 2. The van der Waals surface area contributed by atoms with Gasteiger partial charge in [-0.1, -0.05) is 30.3 Å². The molecule has 0 atom stereocenters. The van der Waals surface area contributed by atoms with Crippen molar-refractivity contribution in [3.63, 3.8) is 0 Å². The summed E-state index contributed by atoms with van der Waals surface area (Å²) in [5.41, 5.74) is 3.37. The molecule has 0 saturated heterocycles. The average molecular weight is 275 g/mol. The van der Waals surface area contributed by atoms with Crippen molar-refractivity contribution in [2.24, 2.45) is 0 Å². The van der Waals surface area contributed by atoms with E-state index in [1.807, 2.05) is 24.4 Å². The second-order valence-corrected chi connectivity index (χ2v) is 4.50. The number of hydrogen-bond donors (Lipinski definition) is 3. The fraction of sp³-hybridized carbons (Fsp3) is 0.400. The van der Waals surface area contributed by atoms with Gasteiger partial charge < -0.3 is 15.2 Å². The quantitative estimate of drug-likeness (QED) is 0.607. The van der Waals surface area contributed by atoms with Crippen molar-refractivity contribution >= 4 is 0 Å². The summed E-state index contributed by atoms with van der Waals surface area (Å²) in [4.78, 5) is 0. The highest BCUT2D eigenvalue weighted by atomic mass is 16.5. The van der Waals surface area contributed by atoms with E-state index in [1.165, 1.54) is 0 Å². The van der Waals surface area contributed by atoms with Gasteiger partial charge in [0.05, 0.1) is 25.1 Å². The third kappa shape index (κ3) is 4.45. The second-order valence-electron chi connectivity index (χ2n) is 4.50. The van der Waals surface area contributed by atoms with Crippen LogP contribution in [0.3, 0.4) is 0 Å². The Morgan fingerprint density at radius 1 is 1.20 bits per heavy atom. The fourth-order valence-corrected chi connectivity index (χ4v) is 1.99. The van der Waals surface area contributed by atoms with E-state index in [4.69, 9.17) is 9.84 Å². The van der Waals surface area contributed by atoms with E-state index in [1.54, 1.807) is 0 Å². The monoisotopic (exact) mass is 275 g/mol. The molecule has 1 heterocycles. The molecule has 0 saturated carbocycles. The highest BCUT2D eigenvalue weighted by molar-refractivity contribution is 5.62. The smallest absolute Gasteiger partial charge is 0.0697 e. The van der Waals surface area contributed by atoms with Gasteiger partial charge in [0.2, 0.25) is 0 Å². The Labute approximate surface area is 119 Å². The van der Waals surface area contributed by atoms with Crippen LogP contribution in [0.15, 0.2) is 36.5 Å². The normalized spacial score (nSPS) is 10.8. The summed E-state index contributed by atoms with van der Waals surface area (Å²) in [6.45, 7) is 2.83. The predicted octanol–water partition coefficient (Wildman–Crippen LogP) is 1.57. The first-order chi connectivity index (χ1) is 9.92. The van der Waals surface area contributed by atoms with Crippen LogP contribution in [0.1, 0.15) is 12.0 Å². The van der Waals surface area contributed by atoms with E-state index in [0.29, 0.717) is 13.2 Å². The van der Waals surface area contributed by atoms with Crippen LogP contribution in [0.4, 0.5) is 0 Å². The van der Waals surface area contributed by atoms with Gasteiger partial charge in [0.1, 0.15) is 0 Å². The van der Waals surface area contributed by atoms with Crippen molar-refractivity contribution in [1.29, 1.82) is 0 Å². The molecule has 2 aromatic rings. The van der Waals surface area contributed by atoms with Crippen molar-refractivity contribution in [3.05, 3.63) is 42.1 Å². The third-order valence-corrected chi connectivity index (χ3v) is 2.97. The van der Waals surface area contributed by atoms with Crippen molar-refractivity contribution in [3.8, 4) is 11.3 Å². The van der Waals surface area contributed by atoms with Gasteiger partial charge in [-0.3, -0.25) is 5.10 Å². The Morgan fingerprint density at radius 2 is 2.05 bits per heavy atom. The number of benzene rings is 1. The van der Waals surface area contributed by atoms with E-state index in [9.17, 15) is 0 Å². The number of nitrogens with zero attached hydrogens (tertiary/aromatic N) is 1. The molecule has 0 spiro atoms. The maximum Gasteiger partial charge on any atom is 0.0697 e. The molecule has 0 aliphatic heterocycles. The van der Waals surface area contributed by atoms with Gasteiger partial charge >= 0.3 is 0 Å². The molecule has 5 heteroatoms. The van der Waals surface area contributed by atoms with Crippen LogP contribution in [0.2, 0.25) is 0 Å². The number of hydrogen-bond acceptors (Lipinski definition) is 4. The molecule has 1 aromatic heterocycles. The summed E-state index contributed by atoms with van der Waals surface area (Å²) in [6, 6.07) is 10.2. The number of rotatable bonds is 9. The first-order valence-corrected chi connectivity index (χ1v) is 6.89. The van der Waals surface area contributed by atoms with E-state index in [0.717, 1.165) is 36.3 Å². The average Bonchev–Trinajstić information content (AvgIpc) is 2.96. The highest BCUT2D eigenvalue weighted by Gasteiger charge is 2.06. The summed E-state index contributed by atoms with van der Waals surface area (Å²) in [7, 11) is 0. The number of aromatic nitrogens is 2. The van der Waals surface area contributed by atoms with Gasteiger partial charge in [-0.05, 0) is 18.5 Å². The lowest BCUT2D eigenvalue weighted by atomic mass is 10.1. The molecular formula is C15H21N3O2. The summed E-state index contributed by atoms with van der Waals surface area (Å²) >= 11 is 0. The molecule has 3 N–H and O–H groups in total. The molecule has 0 aliphatic carbocycles. The van der Waals surface area contributed by atoms with Gasteiger partial charge in [-0.15, -0.1) is 0 Å². The minimum absolute atomic E-state index is 0.0862. The summed E-state index contributed by atoms with van der Waals surface area (Å²) < 4.78 is 5.20. The number of H-pyrrole nitrogens is 1. The van der Waals surface area contributed by atoms with Crippen LogP contribution in [0.25, 0.3) is 11.3 Å². The maximum atomic E-state index is 8.58. The molecule has 2 rings (SSSR count). The predicted molar refractivity (Wildman–Crippen MR) is 78.3 cm³/mol. The molecule has 0 amide bonds. The van der Waals surface area contributed by atoms with Crippen LogP contribution >= 0.6 is 0 Å². The van der Waals surface area contributed by atoms with E-state index in [2.05, 4.69) is 27.6 Å². The minimum Gasteiger partial charge on any atom is -0.394 e. The van der Waals surface area contributed by atoms with Gasteiger partial charge in [-0.2, -0.15) is 5.10 Å². The summed E-state index contributed by atoms with van der Waals surface area (Å²) in [5.74, 6) is 0. The van der Waals surface area contributed by atoms with Crippen molar-refractivity contribution in [1.82, 2.24) is 15.5 Å². The molecule has 0 radical (unpaired) electrons. The SMILES string of the molecule is OCCOCCCNCc1cn[nH]c1-c1ccccc1. The van der Waals surface area contributed by atoms with Crippen LogP contribution < -0.4 is 5.32 Å². The lowest BCUT2D eigenvalue weighted by Crippen LogP contribution is -2.17. The topological polar surface area (TPSA) is 70.2 Å². The fourth-order valence-electron chi connectivity index (χ4n) is 1.99. The zero-order chi connectivity index (χ0) is 14.0. The van der Waals surface area contributed by atoms with E-state index < -0.39 is 0 Å². The molecule has 20 heavy (non-hydrogen) atoms. The molecule has 0 unspecified atom stereocenters. The highest BCUT2D eigenvalue weighted by Crippen LogP contribution is 2.20. The molecule has 108 valence electrons. The molecule has 5 nitrogen and oxygen atoms in total. The van der Waals surface area contributed by atoms with Crippen molar-refractivity contribution in [2.75, 3.05) is 26.4 Å². The first-order valence-electron chi connectivity index (χ1n) is 6.89. The first kappa shape index (κ1) is 14.7. The van der Waals surface area contributed by atoms with Crippen molar-refractivity contribution in [2.45, 2.75) is 13.0 Å². The van der Waals surface area contributed by atoms with Gasteiger partial charge in [-0.25, -0.2) is 0 Å². The summed E-state index contributed by atoms with van der Waals surface area (Å²) in [6.07, 6.45) is 2.79. The lowest BCUT2D eigenvalue weighted by Gasteiger charge is -2.06. The van der Waals surface area contributed by atoms with Crippen LogP contribution in [-0.2, 0) is 11.3 Å². The van der Waals surface area contributed by atoms with E-state index >= 15 is 0 Å². The largest absolute Gasteiger partial charge is 0.394 e. The molecule has 0 fully saturated rings. The number of aromatic amines is 1. The number of aliphatic hydroxyl groups is 1. The molecule has 1 aromatic carbocycles. The van der Waals surface area contributed by atoms with Crippen LogP contribution in [-0.4, -0.2) is 41.7 Å². The lowest BCUT2D eigenvalue weighted by molar-refractivity contribution is 0.0907. The van der Waals surface area contributed by atoms with Crippen molar-refractivity contribution < 1.29 is 9.84 Å². The van der Waals surface area contributed by atoms with E-state index in [-0.39, 0.29) is 6.61 Å². The summed E-state index contributed by atoms with van der Waals surface area (Å²) in [5, 5.41) is 19.1. The minimum atomic E-state index is 0.0862. The Balaban J connectivity index is 1.76. The van der Waals surface area contributed by atoms with Crippen LogP contribution in [0, 0.1) is 0 Å². The Hall–Kier alpha value is -1.69. The number of ether oxygens (including phenoxy) is 1. The Bertz CT molecular complexity index is 485. The van der Waals surface area contributed by atoms with Gasteiger partial charge in [0.25, 0.3) is 0 Å². The standard InChI is InChI=1S/C15H21N3O2/c19-8-10-20-9-4-7-16-11-14-12-17-18-15(14)13-5-2-1-3-6-13/h1-3,5-6,12,16,19H,4,7-11H2,(H,17,18). The maximum absolute atomic E-state index is 8.58. The van der Waals surface area contributed by atoms with Gasteiger partial charge in [0.15, 0.2) is 0 Å². The number of aliphatic hydroxyl groups excluding tert-OH is 1. The third-order valence-electron chi connectivity index (χ3n) is 2.97. The molecule has 0 bridgehead atoms. The zero-order valence-corrected chi connectivity index (χ0v) is 11.5. The molecule has 0 aliphatic rings.